The first-order valence-corrected chi connectivity index (χ1v) is 8.17. The number of nitrogens with zero attached hydrogens (tertiary/aromatic N) is 1. The maximum Gasteiger partial charge on any atom is 0.0226 e. The van der Waals surface area contributed by atoms with Crippen molar-refractivity contribution in [2.75, 3.05) is 25.5 Å². The van der Waals surface area contributed by atoms with E-state index >= 15 is 0 Å². The second kappa shape index (κ2) is 5.48. The number of hydrogen-bond acceptors (Lipinski definition) is 1. The summed E-state index contributed by atoms with van der Waals surface area (Å²) in [4.78, 5) is 2.76. The lowest BCUT2D eigenvalue weighted by molar-refractivity contribution is 0.130. The quantitative estimate of drug-likeness (QED) is 0.692. The number of fused-ring (bicyclic) bond motifs is 2. The Morgan fingerprint density at radius 1 is 1.12 bits per heavy atom. The molecule has 1 saturated heterocycles. The van der Waals surface area contributed by atoms with Gasteiger partial charge in [0.05, 0.1) is 0 Å². The molecule has 0 radical (unpaired) electrons. The molecule has 0 aromatic rings. The molecule has 0 spiro atoms. The van der Waals surface area contributed by atoms with Crippen LogP contribution in [0.15, 0.2) is 0 Å². The summed E-state index contributed by atoms with van der Waals surface area (Å²) in [7, 11) is 0. The van der Waals surface area contributed by atoms with Gasteiger partial charge < -0.3 is 4.90 Å². The highest BCUT2D eigenvalue weighted by Crippen LogP contribution is 2.48. The fourth-order valence-corrected chi connectivity index (χ4v) is 4.95. The predicted molar refractivity (Wildman–Crippen MR) is 73.4 cm³/mol. The van der Waals surface area contributed by atoms with E-state index in [0.717, 1.165) is 29.6 Å². The molecule has 1 nitrogen and oxygen atoms in total. The largest absolute Gasteiger partial charge is 0.303 e. The van der Waals surface area contributed by atoms with Crippen LogP contribution in [0, 0.1) is 23.7 Å². The smallest absolute Gasteiger partial charge is 0.0226 e. The van der Waals surface area contributed by atoms with Gasteiger partial charge in [-0.05, 0) is 68.7 Å². The van der Waals surface area contributed by atoms with Gasteiger partial charge in [0.1, 0.15) is 0 Å². The van der Waals surface area contributed by atoms with Gasteiger partial charge >= 0.3 is 0 Å². The Morgan fingerprint density at radius 2 is 2.06 bits per heavy atom. The van der Waals surface area contributed by atoms with Crippen molar-refractivity contribution in [3.8, 4) is 0 Å². The third-order valence-electron chi connectivity index (χ3n) is 5.50. The Hall–Kier alpha value is 0.250. The minimum atomic E-state index is 0.854. The van der Waals surface area contributed by atoms with Crippen LogP contribution in [0.1, 0.15) is 44.9 Å². The maximum atomic E-state index is 5.89. The number of alkyl halides is 1. The van der Waals surface area contributed by atoms with Gasteiger partial charge in [0, 0.05) is 19.0 Å². The average molecular weight is 256 g/mol. The zero-order valence-corrected chi connectivity index (χ0v) is 11.7. The van der Waals surface area contributed by atoms with E-state index in [9.17, 15) is 0 Å². The van der Waals surface area contributed by atoms with Crippen molar-refractivity contribution in [1.29, 1.82) is 0 Å². The molecule has 1 aliphatic heterocycles. The second-order valence-electron chi connectivity index (χ2n) is 6.68. The minimum Gasteiger partial charge on any atom is -0.303 e. The number of likely N-dealkylation sites (tertiary alicyclic amines) is 1. The summed E-state index contributed by atoms with van der Waals surface area (Å²) in [5.74, 6) is 4.98. The molecule has 17 heavy (non-hydrogen) atoms. The molecule has 0 N–H and O–H groups in total. The minimum absolute atomic E-state index is 0.854. The zero-order chi connectivity index (χ0) is 11.7. The highest BCUT2D eigenvalue weighted by atomic mass is 35.5. The van der Waals surface area contributed by atoms with Crippen LogP contribution < -0.4 is 0 Å². The van der Waals surface area contributed by atoms with Crippen molar-refractivity contribution in [3.63, 3.8) is 0 Å². The average Bonchev–Trinajstić information content (AvgIpc) is 2.92. The van der Waals surface area contributed by atoms with Crippen LogP contribution in [0.2, 0.25) is 0 Å². The molecule has 3 rings (SSSR count). The van der Waals surface area contributed by atoms with E-state index in [1.807, 2.05) is 0 Å². The highest BCUT2D eigenvalue weighted by molar-refractivity contribution is 6.17. The molecule has 2 aliphatic carbocycles. The molecule has 3 aliphatic rings. The molecule has 3 fully saturated rings. The van der Waals surface area contributed by atoms with Crippen molar-refractivity contribution >= 4 is 11.6 Å². The Kier molecular flexibility index (Phi) is 3.97. The summed E-state index contributed by atoms with van der Waals surface area (Å²) in [6.45, 7) is 4.09. The maximum absolute atomic E-state index is 5.89. The fraction of sp³-hybridized carbons (Fsp3) is 1.00. The van der Waals surface area contributed by atoms with Gasteiger partial charge in [0.15, 0.2) is 0 Å². The summed E-state index contributed by atoms with van der Waals surface area (Å²) < 4.78 is 0. The van der Waals surface area contributed by atoms with Crippen LogP contribution in [0.25, 0.3) is 0 Å². The van der Waals surface area contributed by atoms with E-state index in [4.69, 9.17) is 11.6 Å². The van der Waals surface area contributed by atoms with Gasteiger partial charge in [-0.25, -0.2) is 0 Å². The van der Waals surface area contributed by atoms with E-state index in [0.29, 0.717) is 0 Å². The summed E-state index contributed by atoms with van der Waals surface area (Å²) in [6, 6.07) is 0. The van der Waals surface area contributed by atoms with Crippen LogP contribution in [0.5, 0.6) is 0 Å². The van der Waals surface area contributed by atoms with Crippen LogP contribution in [0.3, 0.4) is 0 Å². The first-order chi connectivity index (χ1) is 8.35. The molecule has 4 atom stereocenters. The zero-order valence-electron chi connectivity index (χ0n) is 10.9. The fourth-order valence-electron chi connectivity index (χ4n) is 4.64. The van der Waals surface area contributed by atoms with E-state index in [1.165, 1.54) is 51.7 Å². The molecule has 0 aromatic carbocycles. The van der Waals surface area contributed by atoms with Gasteiger partial charge in [0.2, 0.25) is 0 Å². The molecular weight excluding hydrogens is 230 g/mol. The normalized spacial score (nSPS) is 42.2. The van der Waals surface area contributed by atoms with Gasteiger partial charge in [-0.15, -0.1) is 11.6 Å². The highest BCUT2D eigenvalue weighted by Gasteiger charge is 2.40. The Morgan fingerprint density at radius 3 is 2.76 bits per heavy atom. The van der Waals surface area contributed by atoms with Gasteiger partial charge in [-0.2, -0.15) is 0 Å². The molecule has 2 bridgehead atoms. The first-order valence-electron chi connectivity index (χ1n) is 7.63. The third-order valence-corrected chi connectivity index (χ3v) is 5.72. The lowest BCUT2D eigenvalue weighted by Crippen LogP contribution is -2.39. The Balaban J connectivity index is 1.48. The lowest BCUT2D eigenvalue weighted by Gasteiger charge is -2.36. The standard InChI is InChI=1S/C15H26ClN/c16-6-5-12-2-1-7-17(10-12)11-15-9-13-3-4-14(15)8-13/h12-15H,1-11H2. The summed E-state index contributed by atoms with van der Waals surface area (Å²) in [6.07, 6.45) is 10.2. The van der Waals surface area contributed by atoms with E-state index in [1.54, 1.807) is 12.8 Å². The molecule has 0 amide bonds. The summed E-state index contributed by atoms with van der Waals surface area (Å²) in [5, 5.41) is 0. The predicted octanol–water partition coefficient (Wildman–Crippen LogP) is 3.76. The van der Waals surface area contributed by atoms with E-state index in [2.05, 4.69) is 4.90 Å². The molecule has 2 heteroatoms. The van der Waals surface area contributed by atoms with Crippen molar-refractivity contribution in [3.05, 3.63) is 0 Å². The van der Waals surface area contributed by atoms with Crippen LogP contribution in [0.4, 0.5) is 0 Å². The van der Waals surface area contributed by atoms with Crippen LogP contribution in [-0.2, 0) is 0 Å². The van der Waals surface area contributed by atoms with Crippen molar-refractivity contribution in [2.24, 2.45) is 23.7 Å². The van der Waals surface area contributed by atoms with Crippen molar-refractivity contribution < 1.29 is 0 Å². The number of piperidine rings is 1. The summed E-state index contributed by atoms with van der Waals surface area (Å²) >= 11 is 5.89. The topological polar surface area (TPSA) is 3.24 Å². The number of hydrogen-bond donors (Lipinski definition) is 0. The SMILES string of the molecule is ClCCC1CCCN(CC2CC3CCC2C3)C1. The Bertz CT molecular complexity index is 253. The van der Waals surface area contributed by atoms with Gasteiger partial charge in [-0.3, -0.25) is 0 Å². The molecule has 0 aromatic heterocycles. The third kappa shape index (κ3) is 2.81. The molecule has 2 saturated carbocycles. The van der Waals surface area contributed by atoms with Gasteiger partial charge in [-0.1, -0.05) is 6.42 Å². The van der Waals surface area contributed by atoms with Crippen molar-refractivity contribution in [2.45, 2.75) is 44.9 Å². The molecular formula is C15H26ClN. The second-order valence-corrected chi connectivity index (χ2v) is 7.06. The number of halogens is 1. The van der Waals surface area contributed by atoms with Crippen molar-refractivity contribution in [1.82, 2.24) is 4.90 Å². The summed E-state index contributed by atoms with van der Waals surface area (Å²) in [5.41, 5.74) is 0. The molecule has 98 valence electrons. The first kappa shape index (κ1) is 12.3. The Labute approximate surface area is 111 Å². The number of rotatable bonds is 4. The molecule has 4 unspecified atom stereocenters. The van der Waals surface area contributed by atoms with Crippen LogP contribution in [-0.4, -0.2) is 30.4 Å². The molecule has 1 heterocycles. The monoisotopic (exact) mass is 255 g/mol. The lowest BCUT2D eigenvalue weighted by atomic mass is 9.87. The van der Waals surface area contributed by atoms with E-state index in [-0.39, 0.29) is 0 Å². The van der Waals surface area contributed by atoms with Gasteiger partial charge in [0.25, 0.3) is 0 Å². The van der Waals surface area contributed by atoms with E-state index < -0.39 is 0 Å². The van der Waals surface area contributed by atoms with Crippen LogP contribution >= 0.6 is 11.6 Å².